The Hall–Kier alpha value is -1.93. The van der Waals surface area contributed by atoms with Crippen LogP contribution in [0.4, 0.5) is 4.39 Å². The van der Waals surface area contributed by atoms with Crippen LogP contribution in [0, 0.1) is 5.82 Å². The Labute approximate surface area is 103 Å². The number of nitrogens with zero attached hydrogens (tertiary/aromatic N) is 3. The molecule has 94 valence electrons. The number of aromatic nitrogens is 3. The zero-order chi connectivity index (χ0) is 13.0. The summed E-state index contributed by atoms with van der Waals surface area (Å²) in [7, 11) is -3.99. The van der Waals surface area contributed by atoms with Gasteiger partial charge in [-0.15, -0.1) is 0 Å². The summed E-state index contributed by atoms with van der Waals surface area (Å²) in [4.78, 5) is 11.1. The Bertz CT molecular complexity index is 633. The molecule has 0 fully saturated rings. The second-order valence-electron chi connectivity index (χ2n) is 3.32. The first-order valence-corrected chi connectivity index (χ1v) is 6.43. The van der Waals surface area contributed by atoms with Crippen LogP contribution >= 0.6 is 0 Å². The van der Waals surface area contributed by atoms with Gasteiger partial charge in [0, 0.05) is 12.4 Å². The van der Waals surface area contributed by atoms with Crippen molar-refractivity contribution in [3.05, 3.63) is 48.4 Å². The van der Waals surface area contributed by atoms with Crippen molar-refractivity contribution in [2.45, 2.75) is 11.6 Å². The highest BCUT2D eigenvalue weighted by Crippen LogP contribution is 2.09. The van der Waals surface area contributed by atoms with E-state index in [1.165, 1.54) is 24.8 Å². The fraction of sp³-hybridized carbons (Fsp3) is 0.100. The highest BCUT2D eigenvalue weighted by molar-refractivity contribution is 7.89. The molecule has 0 aliphatic heterocycles. The van der Waals surface area contributed by atoms with Crippen LogP contribution in [0.25, 0.3) is 0 Å². The van der Waals surface area contributed by atoms with Crippen LogP contribution < -0.4 is 4.72 Å². The normalized spacial score (nSPS) is 11.4. The molecule has 2 aromatic rings. The van der Waals surface area contributed by atoms with Crippen molar-refractivity contribution in [1.82, 2.24) is 19.7 Å². The van der Waals surface area contributed by atoms with Gasteiger partial charge < -0.3 is 0 Å². The van der Waals surface area contributed by atoms with Gasteiger partial charge >= 0.3 is 0 Å². The van der Waals surface area contributed by atoms with Crippen LogP contribution in [0.3, 0.4) is 0 Å². The molecule has 0 aliphatic carbocycles. The summed E-state index contributed by atoms with van der Waals surface area (Å²) < 4.78 is 39.1. The number of nitrogens with one attached hydrogen (secondary N) is 1. The minimum absolute atomic E-state index is 0.0547. The molecule has 0 radical (unpaired) electrons. The van der Waals surface area contributed by atoms with Gasteiger partial charge in [0.2, 0.25) is 5.03 Å². The van der Waals surface area contributed by atoms with Crippen molar-refractivity contribution in [1.29, 1.82) is 0 Å². The molecule has 0 amide bonds. The van der Waals surface area contributed by atoms with E-state index >= 15 is 0 Å². The van der Waals surface area contributed by atoms with Crippen molar-refractivity contribution in [2.24, 2.45) is 0 Å². The number of hydrogen-bond acceptors (Lipinski definition) is 5. The number of halogens is 1. The van der Waals surface area contributed by atoms with Crippen LogP contribution in [-0.2, 0) is 16.6 Å². The van der Waals surface area contributed by atoms with Gasteiger partial charge in [-0.3, -0.25) is 0 Å². The second-order valence-corrected chi connectivity index (χ2v) is 5.00. The van der Waals surface area contributed by atoms with Crippen LogP contribution in [0.1, 0.15) is 5.69 Å². The van der Waals surface area contributed by atoms with Gasteiger partial charge in [-0.25, -0.2) is 32.5 Å². The molecule has 0 saturated carbocycles. The molecular formula is C10H9FN4O2S. The van der Waals surface area contributed by atoms with E-state index in [4.69, 9.17) is 0 Å². The van der Waals surface area contributed by atoms with Crippen molar-refractivity contribution in [3.63, 3.8) is 0 Å². The maximum atomic E-state index is 13.3. The van der Waals surface area contributed by atoms with Gasteiger partial charge in [-0.2, -0.15) is 0 Å². The third-order valence-corrected chi connectivity index (χ3v) is 3.40. The van der Waals surface area contributed by atoms with E-state index in [9.17, 15) is 12.8 Å². The first kappa shape index (κ1) is 12.5. The van der Waals surface area contributed by atoms with E-state index < -0.39 is 20.9 Å². The standard InChI is InChI=1S/C10H9FN4O2S/c11-9-2-1-4-13-10(9)18(16,17)15-6-8-3-5-12-7-14-8/h1-5,7,15H,6H2. The van der Waals surface area contributed by atoms with Gasteiger partial charge in [-0.05, 0) is 18.2 Å². The summed E-state index contributed by atoms with van der Waals surface area (Å²) in [6.45, 7) is -0.0547. The lowest BCUT2D eigenvalue weighted by Crippen LogP contribution is -2.25. The van der Waals surface area contributed by atoms with E-state index in [0.29, 0.717) is 5.69 Å². The zero-order valence-corrected chi connectivity index (χ0v) is 9.93. The molecule has 2 rings (SSSR count). The summed E-state index contributed by atoms with van der Waals surface area (Å²) in [6, 6.07) is 3.91. The Balaban J connectivity index is 2.16. The molecule has 0 atom stereocenters. The fourth-order valence-corrected chi connectivity index (χ4v) is 2.23. The summed E-state index contributed by atoms with van der Waals surface area (Å²) in [5.74, 6) is -0.896. The SMILES string of the molecule is O=S(=O)(NCc1ccncn1)c1ncccc1F. The fourth-order valence-electron chi connectivity index (χ4n) is 1.23. The molecule has 0 saturated heterocycles. The highest BCUT2D eigenvalue weighted by Gasteiger charge is 2.19. The van der Waals surface area contributed by atoms with Crippen LogP contribution in [0.5, 0.6) is 0 Å². The van der Waals surface area contributed by atoms with Crippen LogP contribution in [-0.4, -0.2) is 23.4 Å². The van der Waals surface area contributed by atoms with Crippen molar-refractivity contribution in [2.75, 3.05) is 0 Å². The average Bonchev–Trinajstić information content (AvgIpc) is 2.38. The summed E-state index contributed by atoms with van der Waals surface area (Å²) in [6.07, 6.45) is 3.99. The number of pyridine rings is 1. The average molecular weight is 268 g/mol. The minimum atomic E-state index is -3.99. The lowest BCUT2D eigenvalue weighted by atomic mass is 10.4. The smallest absolute Gasteiger partial charge is 0.245 e. The van der Waals surface area contributed by atoms with E-state index in [-0.39, 0.29) is 6.54 Å². The minimum Gasteiger partial charge on any atom is -0.245 e. The lowest BCUT2D eigenvalue weighted by Gasteiger charge is -2.05. The molecule has 8 heteroatoms. The molecule has 2 aromatic heterocycles. The molecule has 0 aromatic carbocycles. The van der Waals surface area contributed by atoms with E-state index in [0.717, 1.165) is 6.07 Å². The van der Waals surface area contributed by atoms with E-state index in [1.807, 2.05) is 0 Å². The summed E-state index contributed by atoms with van der Waals surface area (Å²) in [5, 5.41) is -0.626. The van der Waals surface area contributed by atoms with Gasteiger partial charge in [0.25, 0.3) is 10.0 Å². The molecule has 0 aliphatic rings. The van der Waals surface area contributed by atoms with Gasteiger partial charge in [0.15, 0.2) is 5.82 Å². The molecular weight excluding hydrogens is 259 g/mol. The Morgan fingerprint density at radius 3 is 2.72 bits per heavy atom. The van der Waals surface area contributed by atoms with E-state index in [2.05, 4.69) is 19.7 Å². The van der Waals surface area contributed by atoms with E-state index in [1.54, 1.807) is 6.07 Å². The van der Waals surface area contributed by atoms with Gasteiger partial charge in [0.05, 0.1) is 12.2 Å². The predicted molar refractivity (Wildman–Crippen MR) is 60.3 cm³/mol. The molecule has 0 spiro atoms. The molecule has 6 nitrogen and oxygen atoms in total. The number of sulfonamides is 1. The van der Waals surface area contributed by atoms with Crippen LogP contribution in [0.2, 0.25) is 0 Å². The second kappa shape index (κ2) is 5.15. The van der Waals surface area contributed by atoms with Crippen molar-refractivity contribution >= 4 is 10.0 Å². The van der Waals surface area contributed by atoms with Crippen molar-refractivity contribution < 1.29 is 12.8 Å². The molecule has 18 heavy (non-hydrogen) atoms. The highest BCUT2D eigenvalue weighted by atomic mass is 32.2. The quantitative estimate of drug-likeness (QED) is 0.872. The summed E-state index contributed by atoms with van der Waals surface area (Å²) >= 11 is 0. The maximum Gasteiger partial charge on any atom is 0.261 e. The molecule has 2 heterocycles. The molecule has 1 N–H and O–H groups in total. The van der Waals surface area contributed by atoms with Crippen molar-refractivity contribution in [3.8, 4) is 0 Å². The van der Waals surface area contributed by atoms with Gasteiger partial charge in [-0.1, -0.05) is 0 Å². The number of hydrogen-bond donors (Lipinski definition) is 1. The largest absolute Gasteiger partial charge is 0.261 e. The first-order valence-electron chi connectivity index (χ1n) is 4.95. The summed E-state index contributed by atoms with van der Waals surface area (Å²) in [5.41, 5.74) is 0.477. The van der Waals surface area contributed by atoms with Gasteiger partial charge in [0.1, 0.15) is 6.33 Å². The Morgan fingerprint density at radius 1 is 1.22 bits per heavy atom. The predicted octanol–water partition coefficient (Wildman–Crippen LogP) is 0.489. The molecule has 0 bridgehead atoms. The molecule has 0 unspecified atom stereocenters. The lowest BCUT2D eigenvalue weighted by molar-refractivity contribution is 0.544. The Kier molecular flexibility index (Phi) is 3.58. The topological polar surface area (TPSA) is 84.8 Å². The monoisotopic (exact) mass is 268 g/mol. The first-order chi connectivity index (χ1) is 8.59. The number of rotatable bonds is 4. The zero-order valence-electron chi connectivity index (χ0n) is 9.12. The third-order valence-electron chi connectivity index (χ3n) is 2.07. The third kappa shape index (κ3) is 2.84. The Morgan fingerprint density at radius 2 is 2.06 bits per heavy atom. The van der Waals surface area contributed by atoms with Crippen LogP contribution in [0.15, 0.2) is 41.9 Å². The maximum absolute atomic E-state index is 13.3.